The summed E-state index contributed by atoms with van der Waals surface area (Å²) in [4.78, 5) is 12.0. The number of halogens is 1. The summed E-state index contributed by atoms with van der Waals surface area (Å²) in [6, 6.07) is 9.79. The number of aromatic nitrogens is 2. The molecule has 0 saturated carbocycles. The lowest BCUT2D eigenvalue weighted by Gasteiger charge is -2.11. The lowest BCUT2D eigenvalue weighted by Crippen LogP contribution is -2.15. The first-order chi connectivity index (χ1) is 10.7. The first kappa shape index (κ1) is 19.2. The molecular weight excluding hydrogens is 312 g/mol. The van der Waals surface area contributed by atoms with Crippen molar-refractivity contribution in [2.24, 2.45) is 5.73 Å². The van der Waals surface area contributed by atoms with Crippen molar-refractivity contribution in [2.75, 3.05) is 11.9 Å². The smallest absolute Gasteiger partial charge is 0.225 e. The van der Waals surface area contributed by atoms with Crippen molar-refractivity contribution < 1.29 is 4.79 Å². The highest BCUT2D eigenvalue weighted by Crippen LogP contribution is 2.18. The molecule has 0 aliphatic carbocycles. The fraction of sp³-hybridized carbons (Fsp3) is 0.412. The highest BCUT2D eigenvalue weighted by atomic mass is 35.5. The Morgan fingerprint density at radius 3 is 2.65 bits per heavy atom. The topological polar surface area (TPSA) is 72.9 Å². The third kappa shape index (κ3) is 5.69. The van der Waals surface area contributed by atoms with Crippen molar-refractivity contribution in [1.29, 1.82) is 0 Å². The van der Waals surface area contributed by atoms with Crippen LogP contribution in [-0.4, -0.2) is 22.2 Å². The van der Waals surface area contributed by atoms with Crippen LogP contribution >= 0.6 is 12.4 Å². The Bertz CT molecular complexity index is 612. The molecule has 1 aromatic carbocycles. The Kier molecular flexibility index (Phi) is 8.37. The van der Waals surface area contributed by atoms with Gasteiger partial charge in [0.25, 0.3) is 0 Å². The predicted octanol–water partition coefficient (Wildman–Crippen LogP) is 3.45. The van der Waals surface area contributed by atoms with Crippen molar-refractivity contribution >= 4 is 24.1 Å². The molecule has 0 spiro atoms. The van der Waals surface area contributed by atoms with Crippen LogP contribution in [0.5, 0.6) is 0 Å². The van der Waals surface area contributed by atoms with E-state index in [1.165, 1.54) is 0 Å². The Morgan fingerprint density at radius 1 is 1.17 bits per heavy atom. The van der Waals surface area contributed by atoms with Gasteiger partial charge in [0.05, 0.1) is 11.9 Å². The molecule has 0 saturated heterocycles. The van der Waals surface area contributed by atoms with E-state index in [0.29, 0.717) is 12.2 Å². The normalized spacial score (nSPS) is 10.2. The molecule has 0 unspecified atom stereocenters. The molecule has 0 fully saturated rings. The van der Waals surface area contributed by atoms with Gasteiger partial charge in [0.15, 0.2) is 0 Å². The molecule has 1 amide bonds. The summed E-state index contributed by atoms with van der Waals surface area (Å²) in [7, 11) is 0. The van der Waals surface area contributed by atoms with E-state index < -0.39 is 0 Å². The van der Waals surface area contributed by atoms with E-state index in [2.05, 4.69) is 10.4 Å². The largest absolute Gasteiger partial charge is 0.330 e. The number of hydrogen-bond donors (Lipinski definition) is 2. The minimum Gasteiger partial charge on any atom is -0.330 e. The maximum absolute atomic E-state index is 12.0. The molecule has 5 nitrogen and oxygen atoms in total. The number of nitrogens with two attached hydrogens (primary N) is 1. The van der Waals surface area contributed by atoms with Crippen LogP contribution < -0.4 is 11.1 Å². The van der Waals surface area contributed by atoms with E-state index in [1.54, 1.807) is 10.9 Å². The van der Waals surface area contributed by atoms with Crippen LogP contribution in [0.3, 0.4) is 0 Å². The van der Waals surface area contributed by atoms with E-state index in [9.17, 15) is 4.79 Å². The first-order valence-electron chi connectivity index (χ1n) is 7.82. The third-order valence-corrected chi connectivity index (χ3v) is 3.61. The van der Waals surface area contributed by atoms with Crippen LogP contribution in [0.1, 0.15) is 37.7 Å². The second-order valence-corrected chi connectivity index (χ2v) is 5.42. The lowest BCUT2D eigenvalue weighted by molar-refractivity contribution is -0.116. The van der Waals surface area contributed by atoms with Crippen LogP contribution in [-0.2, 0) is 4.79 Å². The van der Waals surface area contributed by atoms with Crippen LogP contribution in [0.2, 0.25) is 0 Å². The molecular formula is C17H25ClN4O. The lowest BCUT2D eigenvalue weighted by atomic mass is 10.1. The van der Waals surface area contributed by atoms with Crippen molar-refractivity contribution in [3.63, 3.8) is 0 Å². The molecule has 0 radical (unpaired) electrons. The molecule has 0 atom stereocenters. The molecule has 2 rings (SSSR count). The number of benzene rings is 1. The molecule has 1 heterocycles. The summed E-state index contributed by atoms with van der Waals surface area (Å²) < 4.78 is 1.77. The Balaban J connectivity index is 0.00000264. The minimum atomic E-state index is 0. The molecule has 23 heavy (non-hydrogen) atoms. The minimum absolute atomic E-state index is 0. The van der Waals surface area contributed by atoms with Crippen LogP contribution in [0.4, 0.5) is 5.82 Å². The van der Waals surface area contributed by atoms with Crippen molar-refractivity contribution in [2.45, 2.75) is 39.0 Å². The molecule has 126 valence electrons. The maximum atomic E-state index is 12.0. The number of amides is 1. The van der Waals surface area contributed by atoms with Crippen molar-refractivity contribution in [3.8, 4) is 5.69 Å². The second-order valence-electron chi connectivity index (χ2n) is 5.42. The predicted molar refractivity (Wildman–Crippen MR) is 96.3 cm³/mol. The van der Waals surface area contributed by atoms with Crippen LogP contribution in [0.15, 0.2) is 36.5 Å². The maximum Gasteiger partial charge on any atom is 0.225 e. The van der Waals surface area contributed by atoms with Gasteiger partial charge in [0.1, 0.15) is 5.82 Å². The summed E-state index contributed by atoms with van der Waals surface area (Å²) in [5, 5.41) is 7.25. The van der Waals surface area contributed by atoms with Gasteiger partial charge in [-0.15, -0.1) is 12.4 Å². The van der Waals surface area contributed by atoms with Crippen molar-refractivity contribution in [3.05, 3.63) is 42.1 Å². The van der Waals surface area contributed by atoms with Gasteiger partial charge in [-0.2, -0.15) is 5.10 Å². The zero-order valence-electron chi connectivity index (χ0n) is 13.5. The number of carbonyl (C=O) groups is 1. The van der Waals surface area contributed by atoms with Gasteiger partial charge in [-0.25, -0.2) is 4.68 Å². The van der Waals surface area contributed by atoms with E-state index in [0.717, 1.165) is 43.5 Å². The van der Waals surface area contributed by atoms with Crippen molar-refractivity contribution in [1.82, 2.24) is 9.78 Å². The van der Waals surface area contributed by atoms with E-state index in [-0.39, 0.29) is 18.3 Å². The van der Waals surface area contributed by atoms with Gasteiger partial charge in [0, 0.05) is 12.5 Å². The summed E-state index contributed by atoms with van der Waals surface area (Å²) in [6.45, 7) is 2.75. The average Bonchev–Trinajstić information content (AvgIpc) is 2.95. The number of aryl methyl sites for hydroxylation is 1. The fourth-order valence-electron chi connectivity index (χ4n) is 2.38. The van der Waals surface area contributed by atoms with Gasteiger partial charge in [-0.05, 0) is 37.9 Å². The number of nitrogens with zero attached hydrogens (tertiary/aromatic N) is 2. The summed E-state index contributed by atoms with van der Waals surface area (Å²) in [5.74, 6) is 0.740. The quantitative estimate of drug-likeness (QED) is 0.725. The molecule has 0 aliphatic heterocycles. The van der Waals surface area contributed by atoms with E-state index in [4.69, 9.17) is 5.73 Å². The molecule has 0 bridgehead atoms. The standard InChI is InChI=1S/C17H24N4O.ClH/c1-14-8-5-6-9-15(14)21-16(11-13-19-21)20-17(22)10-4-2-3-7-12-18;/h5-6,8-9,11,13H,2-4,7,10,12,18H2,1H3,(H,20,22);1H. The van der Waals surface area contributed by atoms with Gasteiger partial charge in [-0.1, -0.05) is 31.0 Å². The molecule has 2 aromatic rings. The van der Waals surface area contributed by atoms with E-state index >= 15 is 0 Å². The highest BCUT2D eigenvalue weighted by Gasteiger charge is 2.09. The van der Waals surface area contributed by atoms with Gasteiger partial charge in [0.2, 0.25) is 5.91 Å². The number of rotatable bonds is 8. The Morgan fingerprint density at radius 2 is 1.91 bits per heavy atom. The summed E-state index contributed by atoms with van der Waals surface area (Å²) in [5.41, 5.74) is 7.55. The number of nitrogens with one attached hydrogen (secondary N) is 1. The number of carbonyl (C=O) groups excluding carboxylic acids is 1. The monoisotopic (exact) mass is 336 g/mol. The average molecular weight is 337 g/mol. The summed E-state index contributed by atoms with van der Waals surface area (Å²) in [6.07, 6.45) is 6.28. The number of para-hydroxylation sites is 1. The van der Waals surface area contributed by atoms with Gasteiger partial charge in [-0.3, -0.25) is 4.79 Å². The highest BCUT2D eigenvalue weighted by molar-refractivity contribution is 5.90. The van der Waals surface area contributed by atoms with E-state index in [1.807, 2.05) is 37.3 Å². The van der Waals surface area contributed by atoms with Crippen LogP contribution in [0, 0.1) is 6.92 Å². The fourth-order valence-corrected chi connectivity index (χ4v) is 2.38. The molecule has 6 heteroatoms. The second kappa shape index (κ2) is 10.0. The van der Waals surface area contributed by atoms with Crippen LogP contribution in [0.25, 0.3) is 5.69 Å². The number of anilines is 1. The van der Waals surface area contributed by atoms with Gasteiger partial charge >= 0.3 is 0 Å². The third-order valence-electron chi connectivity index (χ3n) is 3.61. The Hall–Kier alpha value is -1.85. The molecule has 3 N–H and O–H groups in total. The molecule has 0 aliphatic rings. The first-order valence-corrected chi connectivity index (χ1v) is 7.82. The zero-order valence-corrected chi connectivity index (χ0v) is 14.3. The Labute approximate surface area is 143 Å². The molecule has 1 aromatic heterocycles. The number of hydrogen-bond acceptors (Lipinski definition) is 3. The van der Waals surface area contributed by atoms with Gasteiger partial charge < -0.3 is 11.1 Å². The summed E-state index contributed by atoms with van der Waals surface area (Å²) >= 11 is 0. The zero-order chi connectivity index (χ0) is 15.8. The SMILES string of the molecule is Cc1ccccc1-n1nccc1NC(=O)CCCCCCN.Cl. The number of unbranched alkanes of at least 4 members (excludes halogenated alkanes) is 3.